The van der Waals surface area contributed by atoms with Gasteiger partial charge in [0.15, 0.2) is 5.78 Å². The molecule has 0 saturated carbocycles. The summed E-state index contributed by atoms with van der Waals surface area (Å²) >= 11 is 12.6. The van der Waals surface area contributed by atoms with Crippen LogP contribution in [0.5, 0.6) is 5.75 Å². The molecule has 1 aliphatic carbocycles. The van der Waals surface area contributed by atoms with E-state index in [0.29, 0.717) is 46.9 Å². The molecular weight excluding hydrogens is 548 g/mol. The first-order chi connectivity index (χ1) is 19.1. The molecule has 2 aliphatic rings. The van der Waals surface area contributed by atoms with Gasteiger partial charge >= 0.3 is 0 Å². The zero-order valence-corrected chi connectivity index (χ0v) is 24.0. The molecular formula is C32H28Cl2FN3O2. The van der Waals surface area contributed by atoms with E-state index in [9.17, 15) is 14.4 Å². The average Bonchev–Trinajstić information content (AvgIpc) is 2.91. The molecule has 0 spiro atoms. The highest BCUT2D eigenvalue weighted by atomic mass is 35.5. The van der Waals surface area contributed by atoms with Gasteiger partial charge in [-0.2, -0.15) is 5.26 Å². The largest absolute Gasteiger partial charge is 0.487 e. The van der Waals surface area contributed by atoms with Crippen LogP contribution in [-0.2, 0) is 11.4 Å². The molecule has 8 heteroatoms. The van der Waals surface area contributed by atoms with E-state index >= 15 is 0 Å². The Hall–Kier alpha value is -3.79. The number of hydrogen-bond donors (Lipinski definition) is 1. The van der Waals surface area contributed by atoms with Crippen LogP contribution in [0.3, 0.4) is 0 Å². The maximum Gasteiger partial charge on any atom is 0.161 e. The molecule has 3 aromatic carbocycles. The van der Waals surface area contributed by atoms with Crippen molar-refractivity contribution in [2.24, 2.45) is 5.73 Å². The lowest BCUT2D eigenvalue weighted by Crippen LogP contribution is -2.39. The molecule has 1 aliphatic heterocycles. The number of ketones is 1. The number of carbonyl (C=O) groups is 1. The lowest BCUT2D eigenvalue weighted by Gasteiger charge is -2.40. The number of anilines is 1. The number of nitrogens with zero attached hydrogens (tertiary/aromatic N) is 2. The third kappa shape index (κ3) is 4.96. The second-order valence-electron chi connectivity index (χ2n) is 10.3. The van der Waals surface area contributed by atoms with E-state index in [2.05, 4.69) is 6.07 Å². The van der Waals surface area contributed by atoms with Crippen LogP contribution in [0.4, 0.5) is 10.1 Å². The molecule has 0 saturated heterocycles. The Bertz CT molecular complexity index is 1650. The molecule has 2 N–H and O–H groups in total. The fraction of sp³-hybridized carbons (Fsp3) is 0.250. The first kappa shape index (κ1) is 27.8. The number of aryl methyl sites for hydroxylation is 2. The second kappa shape index (κ2) is 11.0. The van der Waals surface area contributed by atoms with E-state index in [4.69, 9.17) is 33.7 Å². The topological polar surface area (TPSA) is 79.3 Å². The predicted octanol–water partition coefficient (Wildman–Crippen LogP) is 7.94. The number of allylic oxidation sites excluding steroid dienone is 3. The summed E-state index contributed by atoms with van der Waals surface area (Å²) < 4.78 is 19.5. The van der Waals surface area contributed by atoms with E-state index < -0.39 is 11.7 Å². The monoisotopic (exact) mass is 575 g/mol. The molecule has 1 atom stereocenters. The fourth-order valence-electron chi connectivity index (χ4n) is 5.57. The van der Waals surface area contributed by atoms with Gasteiger partial charge in [0.1, 0.15) is 24.0 Å². The summed E-state index contributed by atoms with van der Waals surface area (Å²) in [6.07, 6.45) is 1.74. The Balaban J connectivity index is 1.63. The van der Waals surface area contributed by atoms with Gasteiger partial charge in [0, 0.05) is 28.4 Å². The highest BCUT2D eigenvalue weighted by molar-refractivity contribution is 6.32. The number of carbonyl (C=O) groups excluding carboxylic acids is 1. The van der Waals surface area contributed by atoms with Crippen LogP contribution in [0, 0.1) is 37.9 Å². The number of benzene rings is 3. The SMILES string of the molecule is Cc1cc(COc2ccc(F)cc2Cl)c(C)c(C2C(C#N)=C(N)N(c3ccc(C)c(Cl)c3)C3=C2C(=O)CCC3)c1. The Morgan fingerprint density at radius 1 is 1.07 bits per heavy atom. The van der Waals surface area contributed by atoms with E-state index in [-0.39, 0.29) is 23.2 Å². The molecule has 0 amide bonds. The van der Waals surface area contributed by atoms with Crippen molar-refractivity contribution in [3.8, 4) is 11.8 Å². The summed E-state index contributed by atoms with van der Waals surface area (Å²) in [6, 6.07) is 15.9. The summed E-state index contributed by atoms with van der Waals surface area (Å²) in [5, 5.41) is 11.2. The first-order valence-electron chi connectivity index (χ1n) is 13.0. The number of ether oxygens (including phenoxy) is 1. The number of hydrogen-bond acceptors (Lipinski definition) is 5. The third-order valence-electron chi connectivity index (χ3n) is 7.61. The molecule has 1 unspecified atom stereocenters. The molecule has 3 aromatic rings. The third-order valence-corrected chi connectivity index (χ3v) is 8.32. The summed E-state index contributed by atoms with van der Waals surface area (Å²) in [6.45, 7) is 5.99. The quantitative estimate of drug-likeness (QED) is 0.334. The van der Waals surface area contributed by atoms with Crippen LogP contribution < -0.4 is 15.4 Å². The second-order valence-corrected chi connectivity index (χ2v) is 11.1. The van der Waals surface area contributed by atoms with Gasteiger partial charge in [0.25, 0.3) is 0 Å². The van der Waals surface area contributed by atoms with Crippen LogP contribution in [-0.4, -0.2) is 5.78 Å². The highest BCUT2D eigenvalue weighted by Crippen LogP contribution is 2.47. The Morgan fingerprint density at radius 2 is 1.85 bits per heavy atom. The van der Waals surface area contributed by atoms with Crippen molar-refractivity contribution in [3.05, 3.63) is 115 Å². The predicted molar refractivity (Wildman–Crippen MR) is 156 cm³/mol. The summed E-state index contributed by atoms with van der Waals surface area (Å²) in [5.41, 5.74) is 13.6. The molecule has 1 heterocycles. The zero-order chi connectivity index (χ0) is 28.7. The summed E-state index contributed by atoms with van der Waals surface area (Å²) in [5.74, 6) is -0.396. The van der Waals surface area contributed by atoms with Crippen LogP contribution in [0.25, 0.3) is 0 Å². The van der Waals surface area contributed by atoms with Crippen LogP contribution >= 0.6 is 23.2 Å². The zero-order valence-electron chi connectivity index (χ0n) is 22.4. The maximum absolute atomic E-state index is 13.6. The lowest BCUT2D eigenvalue weighted by atomic mass is 9.73. The standard InChI is InChI=1S/C32H28Cl2FN3O2/c1-17-11-20(16-40-29-10-8-21(35)13-26(29)34)19(3)23(12-17)30-24(15-36)32(37)38(22-9-7-18(2)25(33)14-22)27-5-4-6-28(39)31(27)30/h7-14,30H,4-6,16,37H2,1-3H3. The maximum atomic E-state index is 13.6. The molecule has 5 nitrogen and oxygen atoms in total. The highest BCUT2D eigenvalue weighted by Gasteiger charge is 2.41. The van der Waals surface area contributed by atoms with Crippen LogP contribution in [0.1, 0.15) is 53.0 Å². The number of nitrogens with two attached hydrogens (primary N) is 1. The molecule has 0 bridgehead atoms. The fourth-order valence-corrected chi connectivity index (χ4v) is 5.97. The molecule has 5 rings (SSSR count). The van der Waals surface area contributed by atoms with Gasteiger partial charge in [0.2, 0.25) is 0 Å². The molecule has 40 heavy (non-hydrogen) atoms. The van der Waals surface area contributed by atoms with Gasteiger partial charge < -0.3 is 10.5 Å². The number of halogens is 3. The molecule has 204 valence electrons. The van der Waals surface area contributed by atoms with Gasteiger partial charge in [-0.25, -0.2) is 4.39 Å². The first-order valence-corrected chi connectivity index (χ1v) is 13.8. The lowest BCUT2D eigenvalue weighted by molar-refractivity contribution is -0.116. The molecule has 0 radical (unpaired) electrons. The van der Waals surface area contributed by atoms with E-state index in [1.807, 2.05) is 56.0 Å². The van der Waals surface area contributed by atoms with Gasteiger partial charge in [-0.05, 0) is 86.2 Å². The minimum Gasteiger partial charge on any atom is -0.487 e. The van der Waals surface area contributed by atoms with Crippen molar-refractivity contribution < 1.29 is 13.9 Å². The normalized spacial score (nSPS) is 17.2. The van der Waals surface area contributed by atoms with Gasteiger partial charge in [-0.3, -0.25) is 9.69 Å². The van der Waals surface area contributed by atoms with Crippen molar-refractivity contribution in [2.75, 3.05) is 4.90 Å². The molecule has 0 aromatic heterocycles. The van der Waals surface area contributed by atoms with Gasteiger partial charge in [-0.15, -0.1) is 0 Å². The number of nitriles is 1. The Kier molecular flexibility index (Phi) is 7.63. The minimum atomic E-state index is -0.613. The van der Waals surface area contributed by atoms with Crippen LogP contribution in [0.15, 0.2) is 71.2 Å². The van der Waals surface area contributed by atoms with Gasteiger partial charge in [0.05, 0.1) is 22.6 Å². The van der Waals surface area contributed by atoms with E-state index in [1.54, 1.807) is 0 Å². The summed E-state index contributed by atoms with van der Waals surface area (Å²) in [4.78, 5) is 15.4. The summed E-state index contributed by atoms with van der Waals surface area (Å²) in [7, 11) is 0. The Morgan fingerprint density at radius 3 is 2.55 bits per heavy atom. The minimum absolute atomic E-state index is 0.00603. The van der Waals surface area contributed by atoms with Crippen molar-refractivity contribution in [3.63, 3.8) is 0 Å². The van der Waals surface area contributed by atoms with E-state index in [1.165, 1.54) is 18.2 Å². The van der Waals surface area contributed by atoms with Crippen LogP contribution in [0.2, 0.25) is 10.0 Å². The number of rotatable bonds is 5. The average molecular weight is 576 g/mol. The van der Waals surface area contributed by atoms with Crippen molar-refractivity contribution in [1.82, 2.24) is 0 Å². The van der Waals surface area contributed by atoms with Crippen molar-refractivity contribution >= 4 is 34.7 Å². The smallest absolute Gasteiger partial charge is 0.161 e. The number of Topliss-reactive ketones (excluding diaryl/α,β-unsaturated/α-hetero) is 1. The Labute approximate surface area is 243 Å². The van der Waals surface area contributed by atoms with E-state index in [0.717, 1.165) is 33.5 Å². The van der Waals surface area contributed by atoms with Gasteiger partial charge in [-0.1, -0.05) is 47.0 Å². The molecule has 0 fully saturated rings. The van der Waals surface area contributed by atoms with Crippen molar-refractivity contribution in [2.45, 2.75) is 52.6 Å². The van der Waals surface area contributed by atoms with Crippen molar-refractivity contribution in [1.29, 1.82) is 5.26 Å².